The Morgan fingerprint density at radius 2 is 2.22 bits per heavy atom. The second kappa shape index (κ2) is 4.96. The molecule has 1 aliphatic heterocycles. The van der Waals surface area contributed by atoms with E-state index in [1.165, 1.54) is 4.90 Å². The van der Waals surface area contributed by atoms with Crippen LogP contribution in [0.1, 0.15) is 12.0 Å². The molecule has 2 rings (SSSR count). The van der Waals surface area contributed by atoms with Crippen molar-refractivity contribution in [3.05, 3.63) is 28.8 Å². The summed E-state index contributed by atoms with van der Waals surface area (Å²) in [6, 6.07) is 5.11. The van der Waals surface area contributed by atoms with Gasteiger partial charge in [0.15, 0.2) is 0 Å². The Morgan fingerprint density at radius 3 is 2.89 bits per heavy atom. The number of carbonyl (C=O) groups excluding carboxylic acids is 1. The maximum absolute atomic E-state index is 11.8. The van der Waals surface area contributed by atoms with Crippen molar-refractivity contribution in [3.8, 4) is 0 Å². The minimum absolute atomic E-state index is 0.0293. The topological polar surface area (TPSA) is 77.8 Å². The van der Waals surface area contributed by atoms with Gasteiger partial charge in [-0.3, -0.25) is 9.59 Å². The van der Waals surface area contributed by atoms with Crippen molar-refractivity contribution >= 4 is 29.2 Å². The van der Waals surface area contributed by atoms with Gasteiger partial charge in [0.25, 0.3) is 0 Å². The van der Waals surface area contributed by atoms with Gasteiger partial charge in [-0.05, 0) is 17.7 Å². The largest absolute Gasteiger partial charge is 0.481 e. The summed E-state index contributed by atoms with van der Waals surface area (Å²) >= 11 is 5.86. The van der Waals surface area contributed by atoms with Gasteiger partial charge in [-0.25, -0.2) is 0 Å². The minimum Gasteiger partial charge on any atom is -0.481 e. The molecule has 0 saturated carbocycles. The molecule has 0 aromatic heterocycles. The quantitative estimate of drug-likeness (QED) is 0.857. The Hall–Kier alpha value is -1.59. The van der Waals surface area contributed by atoms with Crippen LogP contribution in [0.2, 0.25) is 5.02 Å². The number of carboxylic acids is 1. The molecule has 0 fully saturated rings. The molecular formula is C12H12ClNO4. The van der Waals surface area contributed by atoms with Crippen molar-refractivity contribution in [3.63, 3.8) is 0 Å². The molecule has 5 nitrogen and oxygen atoms in total. The van der Waals surface area contributed by atoms with E-state index in [1.807, 2.05) is 0 Å². The molecular weight excluding hydrogens is 258 g/mol. The van der Waals surface area contributed by atoms with Crippen LogP contribution in [0.25, 0.3) is 0 Å². The van der Waals surface area contributed by atoms with Gasteiger partial charge >= 0.3 is 5.97 Å². The molecule has 96 valence electrons. The van der Waals surface area contributed by atoms with Gasteiger partial charge in [-0.1, -0.05) is 17.7 Å². The fourth-order valence-electron chi connectivity index (χ4n) is 2.01. The first-order valence-electron chi connectivity index (χ1n) is 5.46. The normalized spacial score (nSPS) is 15.7. The maximum Gasteiger partial charge on any atom is 0.306 e. The third-order valence-corrected chi connectivity index (χ3v) is 3.02. The zero-order chi connectivity index (χ0) is 13.3. The highest BCUT2D eigenvalue weighted by molar-refractivity contribution is 6.31. The molecule has 1 amide bonds. The number of fused-ring (bicyclic) bond motifs is 1. The predicted octanol–water partition coefficient (Wildman–Crippen LogP) is 1.06. The molecule has 18 heavy (non-hydrogen) atoms. The van der Waals surface area contributed by atoms with E-state index in [2.05, 4.69) is 0 Å². The van der Waals surface area contributed by atoms with Gasteiger partial charge < -0.3 is 15.1 Å². The number of amides is 1. The molecule has 1 aromatic carbocycles. The molecule has 0 radical (unpaired) electrons. The van der Waals surface area contributed by atoms with Gasteiger partial charge in [0.1, 0.15) is 0 Å². The number of rotatable bonds is 4. The van der Waals surface area contributed by atoms with Gasteiger partial charge in [-0.15, -0.1) is 0 Å². The van der Waals surface area contributed by atoms with Crippen LogP contribution in [0.4, 0.5) is 5.69 Å². The molecule has 0 aliphatic carbocycles. The van der Waals surface area contributed by atoms with Crippen molar-refractivity contribution in [2.24, 2.45) is 0 Å². The number of carbonyl (C=O) groups is 2. The molecule has 0 bridgehead atoms. The van der Waals surface area contributed by atoms with Crippen LogP contribution < -0.4 is 4.90 Å². The van der Waals surface area contributed by atoms with E-state index in [0.717, 1.165) is 5.56 Å². The zero-order valence-corrected chi connectivity index (χ0v) is 10.2. The van der Waals surface area contributed by atoms with Crippen molar-refractivity contribution in [1.82, 2.24) is 0 Å². The smallest absolute Gasteiger partial charge is 0.306 e. The second-order valence-corrected chi connectivity index (χ2v) is 4.64. The first-order chi connectivity index (χ1) is 8.47. The van der Waals surface area contributed by atoms with Gasteiger partial charge in [0, 0.05) is 10.7 Å². The summed E-state index contributed by atoms with van der Waals surface area (Å²) < 4.78 is 0. The van der Waals surface area contributed by atoms with Gasteiger partial charge in [0.2, 0.25) is 5.91 Å². The van der Waals surface area contributed by atoms with E-state index in [9.17, 15) is 14.7 Å². The third kappa shape index (κ3) is 2.63. The zero-order valence-electron chi connectivity index (χ0n) is 9.47. The van der Waals surface area contributed by atoms with Crippen LogP contribution in [0.5, 0.6) is 0 Å². The number of aliphatic hydroxyl groups is 1. The van der Waals surface area contributed by atoms with Crippen LogP contribution in [0.15, 0.2) is 18.2 Å². The monoisotopic (exact) mass is 269 g/mol. The fraction of sp³-hybridized carbons (Fsp3) is 0.333. The van der Waals surface area contributed by atoms with E-state index >= 15 is 0 Å². The van der Waals surface area contributed by atoms with Crippen molar-refractivity contribution in [1.29, 1.82) is 0 Å². The molecule has 1 aliphatic rings. The molecule has 2 N–H and O–H groups in total. The summed E-state index contributed by atoms with van der Waals surface area (Å²) in [4.78, 5) is 23.7. The van der Waals surface area contributed by atoms with Crippen molar-refractivity contribution < 1.29 is 19.8 Å². The predicted molar refractivity (Wildman–Crippen MR) is 65.8 cm³/mol. The fourth-order valence-corrected chi connectivity index (χ4v) is 2.17. The van der Waals surface area contributed by atoms with Crippen LogP contribution in [0.3, 0.4) is 0 Å². The minimum atomic E-state index is -1.10. The number of aliphatic hydroxyl groups excluding tert-OH is 1. The molecule has 6 heteroatoms. The Balaban J connectivity index is 2.17. The summed E-state index contributed by atoms with van der Waals surface area (Å²) in [5.41, 5.74) is 1.49. The van der Waals surface area contributed by atoms with Crippen LogP contribution in [-0.4, -0.2) is 34.7 Å². The lowest BCUT2D eigenvalue weighted by molar-refractivity contribution is -0.139. The number of nitrogens with zero attached hydrogens (tertiary/aromatic N) is 1. The van der Waals surface area contributed by atoms with Gasteiger partial charge in [0.05, 0.1) is 25.5 Å². The van der Waals surface area contributed by atoms with E-state index in [4.69, 9.17) is 16.7 Å². The lowest BCUT2D eigenvalue weighted by Crippen LogP contribution is -2.35. The number of hydrogen-bond acceptors (Lipinski definition) is 3. The first kappa shape index (κ1) is 12.9. The number of benzene rings is 1. The molecule has 1 atom stereocenters. The second-order valence-electron chi connectivity index (χ2n) is 4.21. The lowest BCUT2D eigenvalue weighted by Gasteiger charge is -2.20. The van der Waals surface area contributed by atoms with Crippen molar-refractivity contribution in [2.45, 2.75) is 18.9 Å². The summed E-state index contributed by atoms with van der Waals surface area (Å²) in [6.07, 6.45) is -1.22. The summed E-state index contributed by atoms with van der Waals surface area (Å²) in [5.74, 6) is -1.25. The highest BCUT2D eigenvalue weighted by Gasteiger charge is 2.29. The van der Waals surface area contributed by atoms with Crippen LogP contribution in [0, 0.1) is 0 Å². The molecule has 0 spiro atoms. The first-order valence-corrected chi connectivity index (χ1v) is 5.84. The highest BCUT2D eigenvalue weighted by atomic mass is 35.5. The number of halogens is 1. The SMILES string of the molecule is O=C(O)CC(O)CN1C(=O)Cc2ccc(Cl)cc21. The Kier molecular flexibility index (Phi) is 3.54. The molecule has 1 unspecified atom stereocenters. The Bertz CT molecular complexity index is 503. The summed E-state index contributed by atoms with van der Waals surface area (Å²) in [7, 11) is 0. The van der Waals surface area contributed by atoms with E-state index in [0.29, 0.717) is 10.7 Å². The van der Waals surface area contributed by atoms with Crippen molar-refractivity contribution in [2.75, 3.05) is 11.4 Å². The van der Waals surface area contributed by atoms with E-state index < -0.39 is 12.1 Å². The molecule has 0 saturated heterocycles. The number of hydrogen-bond donors (Lipinski definition) is 2. The average molecular weight is 270 g/mol. The third-order valence-electron chi connectivity index (χ3n) is 2.78. The Labute approximate surface area is 109 Å². The van der Waals surface area contributed by atoms with Gasteiger partial charge in [-0.2, -0.15) is 0 Å². The molecule has 1 aromatic rings. The summed E-state index contributed by atoms with van der Waals surface area (Å²) in [5, 5.41) is 18.7. The number of β-amino-alcohol motifs (C(OH)–C–C–N with tert-alkyl or cyclic N) is 1. The standard InChI is InChI=1S/C12H12ClNO4/c13-8-2-1-7-3-11(16)14(10(7)4-8)6-9(15)5-12(17)18/h1-2,4,9,15H,3,5-6H2,(H,17,18). The summed E-state index contributed by atoms with van der Waals surface area (Å²) in [6.45, 7) is -0.0293. The number of carboxylic acid groups (broad SMARTS) is 1. The average Bonchev–Trinajstić information content (AvgIpc) is 2.55. The molecule has 1 heterocycles. The maximum atomic E-state index is 11.8. The Morgan fingerprint density at radius 1 is 1.50 bits per heavy atom. The van der Waals surface area contributed by atoms with Crippen LogP contribution >= 0.6 is 11.6 Å². The van der Waals surface area contributed by atoms with E-state index in [-0.39, 0.29) is 25.3 Å². The number of aliphatic carboxylic acids is 1. The van der Waals surface area contributed by atoms with Crippen LogP contribution in [-0.2, 0) is 16.0 Å². The van der Waals surface area contributed by atoms with E-state index in [1.54, 1.807) is 18.2 Å². The highest BCUT2D eigenvalue weighted by Crippen LogP contribution is 2.31. The lowest BCUT2D eigenvalue weighted by atomic mass is 10.1. The number of anilines is 1.